The van der Waals surface area contributed by atoms with Crippen LogP contribution in [0.25, 0.3) is 16.7 Å². The quantitative estimate of drug-likeness (QED) is 0.214. The molecule has 2 aromatic carbocycles. The fraction of sp³-hybridized carbons (Fsp3) is 0.333. The van der Waals surface area contributed by atoms with Gasteiger partial charge >= 0.3 is 12.1 Å². The molecule has 8 nitrogen and oxygen atoms in total. The number of carboxylic acids is 1. The summed E-state index contributed by atoms with van der Waals surface area (Å²) in [6.07, 6.45) is -3.34. The van der Waals surface area contributed by atoms with E-state index in [1.807, 2.05) is 25.1 Å². The van der Waals surface area contributed by atoms with Crippen molar-refractivity contribution < 1.29 is 27.5 Å². The zero-order valence-electron chi connectivity index (χ0n) is 22.5. The molecule has 0 radical (unpaired) electrons. The number of benzene rings is 2. The Bertz CT molecular complexity index is 1490. The number of aliphatic carboxylic acids is 1. The molecule has 1 N–H and O–H groups in total. The summed E-state index contributed by atoms with van der Waals surface area (Å²) in [4.78, 5) is 22.9. The predicted octanol–water partition coefficient (Wildman–Crippen LogP) is 6.55. The number of carbonyl (C=O) groups is 1. The first-order chi connectivity index (χ1) is 19.3. The maximum Gasteiger partial charge on any atom is 0.490 e. The molecule has 220 valence electrons. The molecule has 0 unspecified atom stereocenters. The van der Waals surface area contributed by atoms with Crippen molar-refractivity contribution in [3.05, 3.63) is 75.9 Å². The number of fused-ring (bicyclic) bond motifs is 1. The van der Waals surface area contributed by atoms with Crippen molar-refractivity contribution in [2.24, 2.45) is 0 Å². The molecule has 0 bridgehead atoms. The van der Waals surface area contributed by atoms with Gasteiger partial charge in [0.2, 0.25) is 0 Å². The van der Waals surface area contributed by atoms with Crippen molar-refractivity contribution in [3.63, 3.8) is 0 Å². The minimum atomic E-state index is -5.08. The Morgan fingerprint density at radius 1 is 1.02 bits per heavy atom. The number of aromatic nitrogens is 4. The van der Waals surface area contributed by atoms with Crippen LogP contribution < -0.4 is 4.90 Å². The highest BCUT2D eigenvalue weighted by Crippen LogP contribution is 2.29. The standard InChI is InChI=1S/C25H27Cl2FN6.C2HF3O2/c1-4-32(5-2)11-12-33(16-18-9-10-22(26)23(27)13-18)24-21-15-29-34(25(21)31-17(3)30-24)20-8-6-7-19(28)14-20;3-2(4,5)1(6)7/h6-10,13-15H,4-5,11-12,16H2,1-3H3;(H,6,7). The molecule has 0 saturated heterocycles. The summed E-state index contributed by atoms with van der Waals surface area (Å²) in [7, 11) is 0. The molecule has 2 heterocycles. The Kier molecular flexibility index (Phi) is 10.9. The van der Waals surface area contributed by atoms with Gasteiger partial charge in [-0.2, -0.15) is 18.3 Å². The molecular weight excluding hydrogens is 587 g/mol. The van der Waals surface area contributed by atoms with Gasteiger partial charge in [-0.1, -0.05) is 49.2 Å². The van der Waals surface area contributed by atoms with Crippen LogP contribution in [0.4, 0.5) is 23.4 Å². The van der Waals surface area contributed by atoms with Gasteiger partial charge < -0.3 is 14.9 Å². The number of aryl methyl sites for hydroxylation is 1. The average molecular weight is 615 g/mol. The Balaban J connectivity index is 0.000000587. The molecule has 2 aromatic heterocycles. The van der Waals surface area contributed by atoms with Crippen molar-refractivity contribution in [2.45, 2.75) is 33.5 Å². The molecule has 0 aliphatic rings. The summed E-state index contributed by atoms with van der Waals surface area (Å²) in [5.41, 5.74) is 2.27. The number of hydrogen-bond donors (Lipinski definition) is 1. The van der Waals surface area contributed by atoms with Gasteiger partial charge in [-0.05, 0) is 55.9 Å². The van der Waals surface area contributed by atoms with E-state index in [1.165, 1.54) is 12.1 Å². The molecule has 4 rings (SSSR count). The zero-order valence-corrected chi connectivity index (χ0v) is 24.0. The topological polar surface area (TPSA) is 87.4 Å². The fourth-order valence-corrected chi connectivity index (χ4v) is 4.28. The van der Waals surface area contributed by atoms with Gasteiger partial charge in [0, 0.05) is 19.6 Å². The minimum absolute atomic E-state index is 0.326. The number of anilines is 1. The second-order valence-electron chi connectivity index (χ2n) is 8.87. The minimum Gasteiger partial charge on any atom is -0.475 e. The van der Waals surface area contributed by atoms with E-state index in [4.69, 9.17) is 38.1 Å². The lowest BCUT2D eigenvalue weighted by atomic mass is 10.2. The lowest BCUT2D eigenvalue weighted by Gasteiger charge is -2.28. The number of rotatable bonds is 9. The van der Waals surface area contributed by atoms with Gasteiger partial charge in [0.05, 0.1) is 27.3 Å². The molecule has 0 aliphatic heterocycles. The van der Waals surface area contributed by atoms with Crippen molar-refractivity contribution in [1.82, 2.24) is 24.6 Å². The van der Waals surface area contributed by atoms with Crippen LogP contribution in [0.3, 0.4) is 0 Å². The van der Waals surface area contributed by atoms with Crippen LogP contribution in [0, 0.1) is 12.7 Å². The van der Waals surface area contributed by atoms with E-state index in [1.54, 1.807) is 23.0 Å². The van der Waals surface area contributed by atoms with Crippen LogP contribution in [0.5, 0.6) is 0 Å². The summed E-state index contributed by atoms with van der Waals surface area (Å²) in [5, 5.41) is 13.5. The van der Waals surface area contributed by atoms with Gasteiger partial charge in [0.1, 0.15) is 17.5 Å². The Morgan fingerprint density at radius 3 is 2.29 bits per heavy atom. The van der Waals surface area contributed by atoms with E-state index in [2.05, 4.69) is 33.7 Å². The maximum atomic E-state index is 13.9. The average Bonchev–Trinajstić information content (AvgIpc) is 3.33. The lowest BCUT2D eigenvalue weighted by Crippen LogP contribution is -2.35. The summed E-state index contributed by atoms with van der Waals surface area (Å²) in [6, 6.07) is 12.0. The van der Waals surface area contributed by atoms with Gasteiger partial charge in [0.25, 0.3) is 0 Å². The monoisotopic (exact) mass is 614 g/mol. The van der Waals surface area contributed by atoms with E-state index in [0.29, 0.717) is 33.7 Å². The maximum absolute atomic E-state index is 13.9. The number of carboxylic acid groups (broad SMARTS) is 1. The van der Waals surface area contributed by atoms with E-state index in [0.717, 1.165) is 42.9 Å². The fourth-order valence-electron chi connectivity index (χ4n) is 3.96. The Hall–Kier alpha value is -3.48. The van der Waals surface area contributed by atoms with Crippen LogP contribution in [-0.2, 0) is 11.3 Å². The van der Waals surface area contributed by atoms with Crippen LogP contribution in [0.2, 0.25) is 10.0 Å². The van der Waals surface area contributed by atoms with Crippen molar-refractivity contribution >= 4 is 46.0 Å². The molecule has 0 atom stereocenters. The first-order valence-electron chi connectivity index (χ1n) is 12.5. The van der Waals surface area contributed by atoms with E-state index >= 15 is 0 Å². The lowest BCUT2D eigenvalue weighted by molar-refractivity contribution is -0.192. The van der Waals surface area contributed by atoms with Gasteiger partial charge in [-0.3, -0.25) is 0 Å². The molecule has 41 heavy (non-hydrogen) atoms. The number of alkyl halides is 3. The highest BCUT2D eigenvalue weighted by atomic mass is 35.5. The summed E-state index contributed by atoms with van der Waals surface area (Å²) in [5.74, 6) is -1.69. The van der Waals surface area contributed by atoms with Gasteiger partial charge in [-0.25, -0.2) is 23.8 Å². The summed E-state index contributed by atoms with van der Waals surface area (Å²) in [6.45, 7) is 10.3. The number of nitrogens with zero attached hydrogens (tertiary/aromatic N) is 6. The molecule has 0 spiro atoms. The summed E-state index contributed by atoms with van der Waals surface area (Å²) < 4.78 is 47.3. The van der Waals surface area contributed by atoms with Crippen molar-refractivity contribution in [1.29, 1.82) is 0 Å². The second-order valence-corrected chi connectivity index (χ2v) is 9.68. The number of likely N-dealkylation sites (N-methyl/N-ethyl adjacent to an activating group) is 1. The zero-order chi connectivity index (χ0) is 30.3. The van der Waals surface area contributed by atoms with Crippen LogP contribution in [-0.4, -0.2) is 68.1 Å². The third-order valence-corrected chi connectivity index (χ3v) is 6.79. The van der Waals surface area contributed by atoms with Crippen LogP contribution >= 0.6 is 23.2 Å². The third-order valence-electron chi connectivity index (χ3n) is 6.05. The largest absolute Gasteiger partial charge is 0.490 e. The van der Waals surface area contributed by atoms with Crippen LogP contribution in [0.15, 0.2) is 48.7 Å². The molecule has 4 aromatic rings. The molecule has 0 saturated carbocycles. The smallest absolute Gasteiger partial charge is 0.475 e. The molecular formula is C27H28Cl2F4N6O2. The Labute approximate surface area is 244 Å². The number of halogens is 6. The number of hydrogen-bond acceptors (Lipinski definition) is 6. The molecule has 14 heteroatoms. The summed E-state index contributed by atoms with van der Waals surface area (Å²) >= 11 is 12.4. The highest BCUT2D eigenvalue weighted by molar-refractivity contribution is 6.42. The second kappa shape index (κ2) is 13.9. The van der Waals surface area contributed by atoms with E-state index in [9.17, 15) is 17.6 Å². The predicted molar refractivity (Wildman–Crippen MR) is 150 cm³/mol. The molecule has 0 aliphatic carbocycles. The van der Waals surface area contributed by atoms with Crippen molar-refractivity contribution in [3.8, 4) is 5.69 Å². The van der Waals surface area contributed by atoms with Crippen molar-refractivity contribution in [2.75, 3.05) is 31.1 Å². The van der Waals surface area contributed by atoms with Gasteiger partial charge in [-0.15, -0.1) is 0 Å². The normalized spacial score (nSPS) is 11.5. The first kappa shape index (κ1) is 32.0. The molecule has 0 fully saturated rings. The van der Waals surface area contributed by atoms with E-state index in [-0.39, 0.29) is 5.82 Å². The van der Waals surface area contributed by atoms with Gasteiger partial charge in [0.15, 0.2) is 5.65 Å². The SMILES string of the molecule is CCN(CC)CCN(Cc1ccc(Cl)c(Cl)c1)c1nc(C)nc2c1cnn2-c1cccc(F)c1.O=C(O)C(F)(F)F. The molecule has 0 amide bonds. The third kappa shape index (κ3) is 8.51. The van der Waals surface area contributed by atoms with E-state index < -0.39 is 12.1 Å². The first-order valence-corrected chi connectivity index (χ1v) is 13.3. The Morgan fingerprint density at radius 2 is 1.71 bits per heavy atom. The highest BCUT2D eigenvalue weighted by Gasteiger charge is 2.38. The van der Waals surface area contributed by atoms with Crippen LogP contribution in [0.1, 0.15) is 25.2 Å².